The van der Waals surface area contributed by atoms with Gasteiger partial charge < -0.3 is 35.3 Å². The van der Waals surface area contributed by atoms with E-state index in [0.717, 1.165) is 24.8 Å². The highest BCUT2D eigenvalue weighted by Gasteiger charge is 2.29. The van der Waals surface area contributed by atoms with Gasteiger partial charge in [0, 0.05) is 25.3 Å². The zero-order valence-electron chi connectivity index (χ0n) is 27.6. The average Bonchev–Trinajstić information content (AvgIpc) is 3.00. The Kier molecular flexibility index (Phi) is 15.8. The summed E-state index contributed by atoms with van der Waals surface area (Å²) in [6, 6.07) is 11.6. The third-order valence-electron chi connectivity index (χ3n) is 6.41. The maximum absolute atomic E-state index is 13.7. The predicted molar refractivity (Wildman–Crippen MR) is 175 cm³/mol. The van der Waals surface area contributed by atoms with E-state index in [4.69, 9.17) is 19.3 Å². The molecule has 0 radical (unpaired) electrons. The fourth-order valence-corrected chi connectivity index (χ4v) is 4.29. The van der Waals surface area contributed by atoms with Gasteiger partial charge in [-0.3, -0.25) is 9.59 Å². The lowest BCUT2D eigenvalue weighted by Crippen LogP contribution is -2.55. The first kappa shape index (κ1) is 38.1. The monoisotopic (exact) mass is 651 g/mol. The number of carboxylic acids is 1. The number of carboxylic acid groups (broad SMARTS) is 1. The second-order valence-corrected chi connectivity index (χ2v) is 11.6. The highest BCUT2D eigenvalue weighted by Crippen LogP contribution is 2.21. The summed E-state index contributed by atoms with van der Waals surface area (Å²) in [5.74, 6) is 2.08. The molecule has 2 aromatic rings. The standard InChI is InChI=1S/C35H45N3O9/c1-6-8-12-19-36-32(42)27(22-25-15-17-29(46-23-30(39)40)26(20-25)16-18-31(41)45-7-2)37-33(43)28(21-24-13-10-9-11-14-24)38-34(44)47-35(3,4)5/h9-11,13-15,17,20,27-28H,6-8,12,19,21-23H2,1-5H3,(H,36,42)(H,37,43)(H,38,44)(H,39,40)/t27-,28-/m0/s1. The van der Waals surface area contributed by atoms with Crippen molar-refractivity contribution in [3.8, 4) is 17.6 Å². The van der Waals surface area contributed by atoms with Crippen LogP contribution in [0.3, 0.4) is 0 Å². The molecule has 0 aliphatic heterocycles. The molecule has 0 spiro atoms. The summed E-state index contributed by atoms with van der Waals surface area (Å²) in [5, 5.41) is 17.4. The number of benzene rings is 2. The van der Waals surface area contributed by atoms with Gasteiger partial charge in [0.1, 0.15) is 23.4 Å². The molecule has 0 unspecified atom stereocenters. The Morgan fingerprint density at radius 1 is 0.872 bits per heavy atom. The average molecular weight is 652 g/mol. The molecule has 47 heavy (non-hydrogen) atoms. The lowest BCUT2D eigenvalue weighted by Gasteiger charge is -2.25. The maximum Gasteiger partial charge on any atom is 0.408 e. The Hall–Kier alpha value is -5.05. The highest BCUT2D eigenvalue weighted by atomic mass is 16.6. The largest absolute Gasteiger partial charge is 0.481 e. The van der Waals surface area contributed by atoms with Gasteiger partial charge in [-0.15, -0.1) is 0 Å². The maximum atomic E-state index is 13.7. The van der Waals surface area contributed by atoms with Gasteiger partial charge in [-0.1, -0.05) is 62.1 Å². The van der Waals surface area contributed by atoms with Crippen molar-refractivity contribution in [2.24, 2.45) is 0 Å². The minimum absolute atomic E-state index is 0.00312. The van der Waals surface area contributed by atoms with Crippen molar-refractivity contribution in [3.63, 3.8) is 0 Å². The molecule has 2 aromatic carbocycles. The van der Waals surface area contributed by atoms with E-state index in [1.807, 2.05) is 37.3 Å². The molecule has 0 aliphatic carbocycles. The van der Waals surface area contributed by atoms with Gasteiger partial charge in [-0.25, -0.2) is 14.4 Å². The molecule has 2 rings (SSSR count). The summed E-state index contributed by atoms with van der Waals surface area (Å²) in [4.78, 5) is 62.9. The zero-order valence-corrected chi connectivity index (χ0v) is 27.6. The normalized spacial score (nSPS) is 11.9. The highest BCUT2D eigenvalue weighted by molar-refractivity contribution is 5.92. The van der Waals surface area contributed by atoms with Crippen molar-refractivity contribution in [3.05, 3.63) is 65.2 Å². The number of esters is 1. The number of carbonyl (C=O) groups is 5. The summed E-state index contributed by atoms with van der Waals surface area (Å²) in [6.45, 7) is 8.70. The summed E-state index contributed by atoms with van der Waals surface area (Å²) in [6.07, 6.45) is 1.98. The van der Waals surface area contributed by atoms with Crippen molar-refractivity contribution in [1.82, 2.24) is 16.0 Å². The van der Waals surface area contributed by atoms with Crippen molar-refractivity contribution < 1.29 is 43.3 Å². The number of unbranched alkanes of at least 4 members (excludes halogenated alkanes) is 2. The number of rotatable bonds is 16. The molecule has 0 heterocycles. The minimum atomic E-state index is -1.20. The van der Waals surface area contributed by atoms with Crippen molar-refractivity contribution in [2.45, 2.75) is 84.4 Å². The number of aliphatic carboxylic acids is 1. The van der Waals surface area contributed by atoms with Gasteiger partial charge in [0.15, 0.2) is 6.61 Å². The summed E-state index contributed by atoms with van der Waals surface area (Å²) >= 11 is 0. The number of carbonyl (C=O) groups excluding carboxylic acids is 4. The van der Waals surface area contributed by atoms with Crippen LogP contribution >= 0.6 is 0 Å². The van der Waals surface area contributed by atoms with Gasteiger partial charge in [0.2, 0.25) is 11.8 Å². The molecule has 0 saturated heterocycles. The number of nitrogens with one attached hydrogen (secondary N) is 3. The molecule has 2 atom stereocenters. The van der Waals surface area contributed by atoms with Crippen LogP contribution in [0, 0.1) is 11.8 Å². The third-order valence-corrected chi connectivity index (χ3v) is 6.41. The van der Waals surface area contributed by atoms with Crippen LogP contribution in [0.15, 0.2) is 48.5 Å². The molecule has 0 fully saturated rings. The van der Waals surface area contributed by atoms with E-state index < -0.39 is 54.1 Å². The summed E-state index contributed by atoms with van der Waals surface area (Å²) < 4.78 is 15.6. The number of alkyl carbamates (subject to hydrolysis) is 1. The number of amides is 3. The molecule has 254 valence electrons. The molecule has 12 nitrogen and oxygen atoms in total. The quantitative estimate of drug-likeness (QED) is 0.121. The van der Waals surface area contributed by atoms with Crippen LogP contribution in [0.2, 0.25) is 0 Å². The molecule has 0 saturated carbocycles. The predicted octanol–water partition coefficient (Wildman–Crippen LogP) is 3.53. The summed E-state index contributed by atoms with van der Waals surface area (Å²) in [7, 11) is 0. The van der Waals surface area contributed by atoms with Crippen LogP contribution < -0.4 is 20.7 Å². The van der Waals surface area contributed by atoms with Gasteiger partial charge in [0.25, 0.3) is 0 Å². The number of hydrogen-bond acceptors (Lipinski definition) is 8. The van der Waals surface area contributed by atoms with Gasteiger partial charge in [0.05, 0.1) is 12.2 Å². The second kappa shape index (κ2) is 19.5. The van der Waals surface area contributed by atoms with Crippen LogP contribution in [0.25, 0.3) is 0 Å². The zero-order chi connectivity index (χ0) is 34.8. The van der Waals surface area contributed by atoms with E-state index >= 15 is 0 Å². The molecule has 0 aromatic heterocycles. The molecule has 0 aliphatic rings. The molecule has 12 heteroatoms. The van der Waals surface area contributed by atoms with E-state index in [1.165, 1.54) is 6.07 Å². The van der Waals surface area contributed by atoms with E-state index in [-0.39, 0.29) is 30.8 Å². The molecule has 4 N–H and O–H groups in total. The van der Waals surface area contributed by atoms with Gasteiger partial charge in [-0.05, 0) is 57.4 Å². The van der Waals surface area contributed by atoms with Crippen molar-refractivity contribution >= 4 is 29.8 Å². The van der Waals surface area contributed by atoms with Crippen LogP contribution in [0.5, 0.6) is 5.75 Å². The minimum Gasteiger partial charge on any atom is -0.481 e. The molecular formula is C35H45N3O9. The Morgan fingerprint density at radius 3 is 2.19 bits per heavy atom. The van der Waals surface area contributed by atoms with Crippen LogP contribution in [-0.4, -0.2) is 72.4 Å². The van der Waals surface area contributed by atoms with Gasteiger partial charge >= 0.3 is 18.0 Å². The lowest BCUT2D eigenvalue weighted by molar-refractivity contribution is -0.139. The SMILES string of the molecule is CCCCCNC(=O)[C@H](Cc1ccc(OCC(=O)O)c(C#CC(=O)OCC)c1)NC(=O)[C@H](Cc1ccccc1)NC(=O)OC(C)(C)C. The van der Waals surface area contributed by atoms with Crippen molar-refractivity contribution in [2.75, 3.05) is 19.8 Å². The number of hydrogen-bond donors (Lipinski definition) is 4. The lowest BCUT2D eigenvalue weighted by atomic mass is 10.0. The first-order valence-electron chi connectivity index (χ1n) is 15.6. The molecule has 3 amide bonds. The Labute approximate surface area is 275 Å². The molecule has 0 bridgehead atoms. The topological polar surface area (TPSA) is 169 Å². The van der Waals surface area contributed by atoms with E-state index in [9.17, 15) is 24.0 Å². The Morgan fingerprint density at radius 2 is 1.55 bits per heavy atom. The fraction of sp³-hybridized carbons (Fsp3) is 0.457. The Bertz CT molecular complexity index is 1430. The molecular weight excluding hydrogens is 606 g/mol. The van der Waals surface area contributed by atoms with E-state index in [2.05, 4.69) is 27.8 Å². The van der Waals surface area contributed by atoms with Gasteiger partial charge in [-0.2, -0.15) is 0 Å². The summed E-state index contributed by atoms with van der Waals surface area (Å²) in [5.41, 5.74) is 0.715. The Balaban J connectivity index is 2.42. The first-order valence-corrected chi connectivity index (χ1v) is 15.6. The fourth-order valence-electron chi connectivity index (χ4n) is 4.29. The van der Waals surface area contributed by atoms with Crippen LogP contribution in [0.4, 0.5) is 4.79 Å². The first-order chi connectivity index (χ1) is 22.3. The smallest absolute Gasteiger partial charge is 0.408 e. The van der Waals surface area contributed by atoms with Crippen molar-refractivity contribution in [1.29, 1.82) is 0 Å². The third kappa shape index (κ3) is 15.2. The second-order valence-electron chi connectivity index (χ2n) is 11.6. The number of ether oxygens (including phenoxy) is 3. The van der Waals surface area contributed by atoms with E-state index in [0.29, 0.717) is 12.1 Å². The van der Waals surface area contributed by atoms with Crippen LogP contribution in [-0.2, 0) is 41.5 Å². The van der Waals surface area contributed by atoms with Crippen LogP contribution in [0.1, 0.15) is 70.6 Å². The van der Waals surface area contributed by atoms with E-state index in [1.54, 1.807) is 39.8 Å².